The van der Waals surface area contributed by atoms with E-state index in [1.165, 1.54) is 12.1 Å². The number of carbonyl (C=O) groups is 2. The Morgan fingerprint density at radius 3 is 2.68 bits per heavy atom. The van der Waals surface area contributed by atoms with Gasteiger partial charge in [0.25, 0.3) is 0 Å². The topological polar surface area (TPSA) is 78.4 Å². The smallest absolute Gasteiger partial charge is 0.313 e. The summed E-state index contributed by atoms with van der Waals surface area (Å²) in [6.45, 7) is 1.79. The van der Waals surface area contributed by atoms with Gasteiger partial charge < -0.3 is 15.7 Å². The summed E-state index contributed by atoms with van der Waals surface area (Å²) in [6, 6.07) is 4.25. The monoisotopic (exact) mass is 308 g/mol. The van der Waals surface area contributed by atoms with Gasteiger partial charge in [0.2, 0.25) is 0 Å². The second-order valence-corrected chi connectivity index (χ2v) is 5.76. The number of aliphatic hydroxyl groups is 1. The van der Waals surface area contributed by atoms with Crippen molar-refractivity contribution in [3.05, 3.63) is 29.6 Å². The maximum Gasteiger partial charge on any atom is 0.313 e. The molecule has 5 nitrogen and oxygen atoms in total. The van der Waals surface area contributed by atoms with E-state index >= 15 is 0 Å². The normalized spacial score (nSPS) is 16.3. The first-order valence-corrected chi connectivity index (χ1v) is 7.51. The van der Waals surface area contributed by atoms with Crippen LogP contribution in [-0.4, -0.2) is 29.6 Å². The van der Waals surface area contributed by atoms with Crippen LogP contribution < -0.4 is 10.6 Å². The summed E-state index contributed by atoms with van der Waals surface area (Å²) in [4.78, 5) is 23.4. The standard InChI is InChI=1S/C16H21FN2O3/c1-10-6-7-12(17)13(8-10)19-16(22)15(21)18-9-14(20)11-4-2-3-5-11/h6-8,11,14,20H,2-5,9H2,1H3,(H,18,21)(H,19,22). The second kappa shape index (κ2) is 7.35. The minimum atomic E-state index is -0.942. The van der Waals surface area contributed by atoms with Crippen molar-refractivity contribution < 1.29 is 19.1 Å². The zero-order valence-electron chi connectivity index (χ0n) is 12.6. The summed E-state index contributed by atoms with van der Waals surface area (Å²) < 4.78 is 13.5. The minimum Gasteiger partial charge on any atom is -0.391 e. The van der Waals surface area contributed by atoms with Crippen LogP contribution in [0.3, 0.4) is 0 Å². The molecule has 0 aromatic heterocycles. The fourth-order valence-electron chi connectivity index (χ4n) is 2.70. The van der Waals surface area contributed by atoms with Crippen molar-refractivity contribution in [2.75, 3.05) is 11.9 Å². The summed E-state index contributed by atoms with van der Waals surface area (Å²) in [6.07, 6.45) is 3.41. The van der Waals surface area contributed by atoms with E-state index in [9.17, 15) is 19.1 Å². The zero-order chi connectivity index (χ0) is 16.1. The van der Waals surface area contributed by atoms with E-state index in [0.29, 0.717) is 0 Å². The summed E-state index contributed by atoms with van der Waals surface area (Å²) in [7, 11) is 0. The summed E-state index contributed by atoms with van der Waals surface area (Å²) >= 11 is 0. The number of carbonyl (C=O) groups excluding carboxylic acids is 2. The Balaban J connectivity index is 1.84. The molecule has 0 bridgehead atoms. The Morgan fingerprint density at radius 1 is 1.32 bits per heavy atom. The number of halogens is 1. The average molecular weight is 308 g/mol. The first-order valence-electron chi connectivity index (χ1n) is 7.51. The van der Waals surface area contributed by atoms with Crippen LogP contribution in [0.15, 0.2) is 18.2 Å². The second-order valence-electron chi connectivity index (χ2n) is 5.76. The number of anilines is 1. The number of aryl methyl sites for hydroxylation is 1. The van der Waals surface area contributed by atoms with E-state index in [4.69, 9.17) is 0 Å². The van der Waals surface area contributed by atoms with Gasteiger partial charge >= 0.3 is 11.8 Å². The molecule has 0 heterocycles. The molecule has 1 aliphatic rings. The number of hydrogen-bond donors (Lipinski definition) is 3. The van der Waals surface area contributed by atoms with Crippen LogP contribution in [0, 0.1) is 18.7 Å². The van der Waals surface area contributed by atoms with Crippen molar-refractivity contribution >= 4 is 17.5 Å². The number of rotatable bonds is 4. The lowest BCUT2D eigenvalue weighted by Crippen LogP contribution is -2.41. The minimum absolute atomic E-state index is 0.0310. The van der Waals surface area contributed by atoms with Crippen molar-refractivity contribution in [3.8, 4) is 0 Å². The van der Waals surface area contributed by atoms with Crippen LogP contribution >= 0.6 is 0 Å². The molecular formula is C16H21FN2O3. The fourth-order valence-corrected chi connectivity index (χ4v) is 2.70. The molecule has 0 saturated heterocycles. The summed E-state index contributed by atoms with van der Waals surface area (Å²) in [5, 5.41) is 14.6. The highest BCUT2D eigenvalue weighted by molar-refractivity contribution is 6.39. The molecule has 0 radical (unpaired) electrons. The molecule has 2 amide bonds. The number of aliphatic hydroxyl groups excluding tert-OH is 1. The first-order chi connectivity index (χ1) is 10.5. The molecule has 1 aromatic carbocycles. The molecule has 0 aliphatic heterocycles. The predicted molar refractivity (Wildman–Crippen MR) is 80.7 cm³/mol. The molecule has 1 unspecified atom stereocenters. The van der Waals surface area contributed by atoms with Crippen molar-refractivity contribution in [1.29, 1.82) is 0 Å². The van der Waals surface area contributed by atoms with Crippen LogP contribution in [-0.2, 0) is 9.59 Å². The lowest BCUT2D eigenvalue weighted by molar-refractivity contribution is -0.136. The number of amides is 2. The highest BCUT2D eigenvalue weighted by Gasteiger charge is 2.24. The van der Waals surface area contributed by atoms with E-state index < -0.39 is 23.7 Å². The third kappa shape index (κ3) is 4.27. The molecule has 120 valence electrons. The van der Waals surface area contributed by atoms with E-state index in [1.54, 1.807) is 13.0 Å². The molecule has 6 heteroatoms. The molecule has 1 saturated carbocycles. The fraction of sp³-hybridized carbons (Fsp3) is 0.500. The van der Waals surface area contributed by atoms with Gasteiger partial charge in [-0.2, -0.15) is 0 Å². The third-order valence-corrected chi connectivity index (χ3v) is 3.99. The summed E-state index contributed by atoms with van der Waals surface area (Å²) in [5.41, 5.74) is 0.741. The van der Waals surface area contributed by atoms with Gasteiger partial charge in [-0.05, 0) is 43.4 Å². The molecule has 0 spiro atoms. The van der Waals surface area contributed by atoms with Crippen molar-refractivity contribution in [2.24, 2.45) is 5.92 Å². The van der Waals surface area contributed by atoms with Crippen LogP contribution in [0.25, 0.3) is 0 Å². The molecule has 1 aliphatic carbocycles. The quantitative estimate of drug-likeness (QED) is 0.741. The van der Waals surface area contributed by atoms with Crippen LogP contribution in [0.1, 0.15) is 31.2 Å². The van der Waals surface area contributed by atoms with Gasteiger partial charge in [-0.15, -0.1) is 0 Å². The Labute approximate surface area is 128 Å². The zero-order valence-corrected chi connectivity index (χ0v) is 12.6. The molecular weight excluding hydrogens is 287 g/mol. The van der Waals surface area contributed by atoms with Gasteiger partial charge in [0.05, 0.1) is 11.8 Å². The van der Waals surface area contributed by atoms with Crippen molar-refractivity contribution in [1.82, 2.24) is 5.32 Å². The maximum absolute atomic E-state index is 13.5. The summed E-state index contributed by atoms with van der Waals surface area (Å²) in [5.74, 6) is -2.24. The predicted octanol–water partition coefficient (Wildman–Crippen LogP) is 1.74. The molecule has 22 heavy (non-hydrogen) atoms. The average Bonchev–Trinajstić information content (AvgIpc) is 3.02. The van der Waals surface area contributed by atoms with Gasteiger partial charge in [0.15, 0.2) is 0 Å². The van der Waals surface area contributed by atoms with E-state index in [2.05, 4.69) is 10.6 Å². The molecule has 1 aromatic rings. The van der Waals surface area contributed by atoms with Crippen molar-refractivity contribution in [2.45, 2.75) is 38.7 Å². The number of nitrogens with one attached hydrogen (secondary N) is 2. The molecule has 3 N–H and O–H groups in total. The highest BCUT2D eigenvalue weighted by atomic mass is 19.1. The van der Waals surface area contributed by atoms with Gasteiger partial charge in [0, 0.05) is 6.54 Å². The number of hydrogen-bond acceptors (Lipinski definition) is 3. The van der Waals surface area contributed by atoms with E-state index in [-0.39, 0.29) is 18.2 Å². The number of benzene rings is 1. The largest absolute Gasteiger partial charge is 0.391 e. The van der Waals surface area contributed by atoms with Crippen LogP contribution in [0.5, 0.6) is 0 Å². The van der Waals surface area contributed by atoms with Gasteiger partial charge in [0.1, 0.15) is 5.82 Å². The van der Waals surface area contributed by atoms with E-state index in [1.807, 2.05) is 0 Å². The maximum atomic E-state index is 13.5. The van der Waals surface area contributed by atoms with Crippen LogP contribution in [0.2, 0.25) is 0 Å². The lowest BCUT2D eigenvalue weighted by atomic mass is 10.0. The Bertz CT molecular complexity index is 556. The Hall–Kier alpha value is -1.95. The van der Waals surface area contributed by atoms with Gasteiger partial charge in [-0.3, -0.25) is 9.59 Å². The SMILES string of the molecule is Cc1ccc(F)c(NC(=O)C(=O)NCC(O)C2CCCC2)c1. The van der Waals surface area contributed by atoms with Gasteiger partial charge in [-0.25, -0.2) is 4.39 Å². The Kier molecular flexibility index (Phi) is 5.49. The highest BCUT2D eigenvalue weighted by Crippen LogP contribution is 2.27. The molecule has 1 fully saturated rings. The Morgan fingerprint density at radius 2 is 2.00 bits per heavy atom. The van der Waals surface area contributed by atoms with Gasteiger partial charge in [-0.1, -0.05) is 18.9 Å². The molecule has 1 atom stereocenters. The first kappa shape index (κ1) is 16.4. The van der Waals surface area contributed by atoms with E-state index in [0.717, 1.165) is 31.2 Å². The molecule has 2 rings (SSSR count). The van der Waals surface area contributed by atoms with Crippen molar-refractivity contribution in [3.63, 3.8) is 0 Å². The van der Waals surface area contributed by atoms with Crippen LogP contribution in [0.4, 0.5) is 10.1 Å². The lowest BCUT2D eigenvalue weighted by Gasteiger charge is -2.17. The third-order valence-electron chi connectivity index (χ3n) is 3.99.